The van der Waals surface area contributed by atoms with Crippen LogP contribution in [0.2, 0.25) is 0 Å². The van der Waals surface area contributed by atoms with Gasteiger partial charge in [0.2, 0.25) is 6.23 Å². The minimum Gasteiger partial charge on any atom is -0.484 e. The first kappa shape index (κ1) is 16.1. The summed E-state index contributed by atoms with van der Waals surface area (Å²) >= 11 is 4.01. The third kappa shape index (κ3) is 3.31. The minimum atomic E-state index is -1.98. The third-order valence-corrected chi connectivity index (χ3v) is 3.56. The first-order valence-corrected chi connectivity index (χ1v) is 6.82. The predicted octanol–water partition coefficient (Wildman–Crippen LogP) is -0.949. The van der Waals surface area contributed by atoms with Crippen molar-refractivity contribution < 1.29 is 29.3 Å². The van der Waals surface area contributed by atoms with Crippen LogP contribution in [-0.4, -0.2) is 57.1 Å². The van der Waals surface area contributed by atoms with E-state index in [1.54, 1.807) is 30.3 Å². The zero-order valence-corrected chi connectivity index (χ0v) is 12.1. The van der Waals surface area contributed by atoms with Gasteiger partial charge in [0.25, 0.3) is 11.8 Å². The Bertz CT molecular complexity index is 581. The van der Waals surface area contributed by atoms with Crippen molar-refractivity contribution in [1.82, 2.24) is 10.2 Å². The van der Waals surface area contributed by atoms with Gasteiger partial charge in [-0.3, -0.25) is 14.5 Å². The number of carboxylic acid groups (broad SMARTS) is 1. The molecule has 0 spiro atoms. The van der Waals surface area contributed by atoms with Crippen LogP contribution in [-0.2, 0) is 14.4 Å². The zero-order chi connectivity index (χ0) is 16.3. The monoisotopic (exact) mass is 326 g/mol. The number of carbonyl (C=O) groups is 3. The molecule has 1 fully saturated rings. The molecular formula is C13H14N2O6S. The van der Waals surface area contributed by atoms with Crippen LogP contribution in [0, 0.1) is 0 Å². The molecule has 0 bridgehead atoms. The molecule has 2 amide bonds. The molecule has 1 aromatic rings. The highest BCUT2D eigenvalue weighted by molar-refractivity contribution is 7.81. The number of benzene rings is 1. The molecule has 3 atom stereocenters. The highest BCUT2D eigenvalue weighted by atomic mass is 32.1. The lowest BCUT2D eigenvalue weighted by atomic mass is 10.1. The van der Waals surface area contributed by atoms with E-state index in [9.17, 15) is 19.5 Å². The van der Waals surface area contributed by atoms with E-state index < -0.39 is 35.4 Å². The number of ether oxygens (including phenoxy) is 1. The van der Waals surface area contributed by atoms with E-state index in [-0.39, 0.29) is 6.61 Å². The summed E-state index contributed by atoms with van der Waals surface area (Å²) in [4.78, 5) is 34.7. The molecule has 1 saturated heterocycles. The fourth-order valence-corrected chi connectivity index (χ4v) is 2.34. The molecule has 0 aromatic heterocycles. The lowest BCUT2D eigenvalue weighted by Crippen LogP contribution is -2.72. The fraction of sp³-hybridized carbons (Fsp3) is 0.308. The van der Waals surface area contributed by atoms with Crippen LogP contribution in [0.15, 0.2) is 30.3 Å². The molecule has 118 valence electrons. The Kier molecular flexibility index (Phi) is 4.88. The van der Waals surface area contributed by atoms with E-state index >= 15 is 0 Å². The molecule has 22 heavy (non-hydrogen) atoms. The van der Waals surface area contributed by atoms with Gasteiger partial charge in [0.05, 0.1) is 0 Å². The summed E-state index contributed by atoms with van der Waals surface area (Å²) < 4.78 is 5.21. The van der Waals surface area contributed by atoms with E-state index in [4.69, 9.17) is 9.84 Å². The van der Waals surface area contributed by atoms with Gasteiger partial charge in [-0.1, -0.05) is 18.2 Å². The molecule has 0 saturated carbocycles. The van der Waals surface area contributed by atoms with E-state index in [2.05, 4.69) is 17.9 Å². The number of likely N-dealkylation sites (tertiary alicyclic amines) is 1. The molecule has 3 N–H and O–H groups in total. The second kappa shape index (κ2) is 6.67. The average molecular weight is 326 g/mol. The van der Waals surface area contributed by atoms with Crippen molar-refractivity contribution in [3.63, 3.8) is 0 Å². The van der Waals surface area contributed by atoms with E-state index in [1.165, 1.54) is 0 Å². The molecule has 1 heterocycles. The van der Waals surface area contributed by atoms with Gasteiger partial charge >= 0.3 is 5.97 Å². The number of carbonyl (C=O) groups excluding carboxylic acids is 2. The molecular weight excluding hydrogens is 312 g/mol. The standard InChI is InChI=1S/C13H14N2O6S/c16-8(6-21-7-4-2-1-3-5-7)14-9-10(17)15(12(9)22)11(18)13(19)20/h1-5,9,11-12,18,22H,6H2,(H,14,16)(H,19,20)/t9?,11-,12?/m0/s1. The van der Waals surface area contributed by atoms with Gasteiger partial charge in [-0.15, -0.1) is 0 Å². The molecule has 8 nitrogen and oxygen atoms in total. The van der Waals surface area contributed by atoms with Crippen molar-refractivity contribution in [1.29, 1.82) is 0 Å². The normalized spacial score (nSPS) is 21.7. The molecule has 0 radical (unpaired) electrons. The van der Waals surface area contributed by atoms with E-state index in [0.717, 1.165) is 0 Å². The summed E-state index contributed by atoms with van der Waals surface area (Å²) in [6.45, 7) is -0.296. The predicted molar refractivity (Wildman–Crippen MR) is 77.1 cm³/mol. The lowest BCUT2D eigenvalue weighted by Gasteiger charge is -2.45. The number of aliphatic hydroxyl groups excluding tert-OH is 1. The molecule has 2 rings (SSSR count). The number of aliphatic hydroxyl groups is 1. The maximum Gasteiger partial charge on any atom is 0.354 e. The van der Waals surface area contributed by atoms with Gasteiger partial charge in [-0.25, -0.2) is 4.79 Å². The van der Waals surface area contributed by atoms with Crippen LogP contribution < -0.4 is 10.1 Å². The van der Waals surface area contributed by atoms with Gasteiger partial charge in [0.15, 0.2) is 6.61 Å². The number of aliphatic carboxylic acids is 1. The van der Waals surface area contributed by atoms with Crippen LogP contribution in [0.4, 0.5) is 0 Å². The molecule has 1 aromatic carbocycles. The topological polar surface area (TPSA) is 116 Å². The number of β-lactam (4-membered cyclic amide) rings is 1. The van der Waals surface area contributed by atoms with Gasteiger partial charge in [0, 0.05) is 0 Å². The second-order valence-electron chi connectivity index (χ2n) is 4.52. The highest BCUT2D eigenvalue weighted by Crippen LogP contribution is 2.25. The van der Waals surface area contributed by atoms with Crippen LogP contribution in [0.25, 0.3) is 0 Å². The van der Waals surface area contributed by atoms with E-state index in [1.807, 2.05) is 0 Å². The summed E-state index contributed by atoms with van der Waals surface area (Å²) in [7, 11) is 0. The zero-order valence-electron chi connectivity index (χ0n) is 11.2. The Labute approximate surface area is 131 Å². The van der Waals surface area contributed by atoms with Crippen LogP contribution in [0.5, 0.6) is 5.75 Å². The number of rotatable bonds is 6. The Balaban J connectivity index is 1.83. The van der Waals surface area contributed by atoms with Gasteiger partial charge in [-0.2, -0.15) is 12.6 Å². The maximum atomic E-state index is 11.7. The summed E-state index contributed by atoms with van der Waals surface area (Å²) in [6.07, 6.45) is -1.98. The van der Waals surface area contributed by atoms with Crippen LogP contribution in [0.3, 0.4) is 0 Å². The second-order valence-corrected chi connectivity index (χ2v) is 5.05. The third-order valence-electron chi connectivity index (χ3n) is 3.02. The number of hydrogen-bond donors (Lipinski definition) is 4. The molecule has 2 unspecified atom stereocenters. The highest BCUT2D eigenvalue weighted by Gasteiger charge is 2.51. The van der Waals surface area contributed by atoms with E-state index in [0.29, 0.717) is 10.6 Å². The number of nitrogens with zero attached hydrogens (tertiary/aromatic N) is 1. The SMILES string of the molecule is O=C(COc1ccccc1)NC1C(=O)N([C@@H](O)C(=O)O)C1S. The van der Waals surface area contributed by atoms with Crippen molar-refractivity contribution in [3.8, 4) is 5.75 Å². The first-order valence-electron chi connectivity index (χ1n) is 6.30. The quantitative estimate of drug-likeness (QED) is 0.396. The largest absolute Gasteiger partial charge is 0.484 e. The Hall–Kier alpha value is -2.26. The Morgan fingerprint density at radius 1 is 1.36 bits per heavy atom. The molecule has 1 aliphatic heterocycles. The number of hydrogen-bond acceptors (Lipinski definition) is 6. The Morgan fingerprint density at radius 2 is 2.00 bits per heavy atom. The summed E-state index contributed by atoms with van der Waals surface area (Å²) in [5.41, 5.74) is 0. The summed E-state index contributed by atoms with van der Waals surface area (Å²) in [5.74, 6) is -2.33. The number of para-hydroxylation sites is 1. The van der Waals surface area contributed by atoms with Crippen molar-refractivity contribution in [2.24, 2.45) is 0 Å². The van der Waals surface area contributed by atoms with Gasteiger partial charge in [-0.05, 0) is 12.1 Å². The van der Waals surface area contributed by atoms with Crippen molar-refractivity contribution >= 4 is 30.4 Å². The number of amides is 2. The number of carboxylic acids is 1. The minimum absolute atomic E-state index is 0.296. The lowest BCUT2D eigenvalue weighted by molar-refractivity contribution is -0.178. The molecule has 0 aliphatic carbocycles. The number of thiol groups is 1. The maximum absolute atomic E-state index is 11.7. The van der Waals surface area contributed by atoms with Crippen molar-refractivity contribution in [3.05, 3.63) is 30.3 Å². The van der Waals surface area contributed by atoms with Gasteiger partial charge in [0.1, 0.15) is 17.2 Å². The molecule has 1 aliphatic rings. The van der Waals surface area contributed by atoms with Crippen molar-refractivity contribution in [2.45, 2.75) is 17.6 Å². The van der Waals surface area contributed by atoms with Gasteiger partial charge < -0.3 is 20.3 Å². The Morgan fingerprint density at radius 3 is 2.55 bits per heavy atom. The first-order chi connectivity index (χ1) is 10.4. The van der Waals surface area contributed by atoms with Crippen molar-refractivity contribution in [2.75, 3.05) is 6.61 Å². The van der Waals surface area contributed by atoms with Crippen LogP contribution in [0.1, 0.15) is 0 Å². The fourth-order valence-electron chi connectivity index (χ4n) is 1.90. The average Bonchev–Trinajstić information content (AvgIpc) is 2.51. The number of nitrogens with one attached hydrogen (secondary N) is 1. The van der Waals surface area contributed by atoms with Crippen LogP contribution >= 0.6 is 12.6 Å². The summed E-state index contributed by atoms with van der Waals surface area (Å²) in [5, 5.41) is 19.4. The summed E-state index contributed by atoms with van der Waals surface area (Å²) in [6, 6.07) is 7.65. The molecule has 9 heteroatoms. The smallest absolute Gasteiger partial charge is 0.354 e.